The summed E-state index contributed by atoms with van der Waals surface area (Å²) in [4.78, 5) is 12.4. The van der Waals surface area contributed by atoms with Crippen LogP contribution in [0.5, 0.6) is 0 Å². The molecule has 0 unspecified atom stereocenters. The molecule has 1 N–H and O–H groups in total. The maximum Gasteiger partial charge on any atom is 0.293 e. The standard InChI is InChI=1S/C18H19ClN2O/c1-13(18(22)20-17-8-4-7-16(19)11-17)21-10-9-14-5-2-3-6-15(14)12-21/h4,7-13H,2-3,5-6H2,1H3/p+1/t13-/m0/s1. The van der Waals surface area contributed by atoms with E-state index in [0.29, 0.717) is 5.02 Å². The molecule has 1 heterocycles. The average Bonchev–Trinajstić information content (AvgIpc) is 2.53. The van der Waals surface area contributed by atoms with Crippen LogP contribution in [0.4, 0.5) is 5.69 Å². The number of hydrogen-bond donors (Lipinski definition) is 1. The van der Waals surface area contributed by atoms with Gasteiger partial charge in [-0.3, -0.25) is 4.79 Å². The van der Waals surface area contributed by atoms with Crippen molar-refractivity contribution in [3.63, 3.8) is 0 Å². The van der Waals surface area contributed by atoms with Crippen molar-refractivity contribution in [3.8, 4) is 0 Å². The average molecular weight is 316 g/mol. The van der Waals surface area contributed by atoms with Gasteiger partial charge in [-0.2, -0.15) is 4.57 Å². The molecule has 3 nitrogen and oxygen atoms in total. The zero-order chi connectivity index (χ0) is 15.5. The number of rotatable bonds is 3. The predicted octanol–water partition coefficient (Wildman–Crippen LogP) is 3.71. The summed E-state index contributed by atoms with van der Waals surface area (Å²) in [5.41, 5.74) is 3.52. The van der Waals surface area contributed by atoms with Crippen molar-refractivity contribution in [1.29, 1.82) is 0 Å². The number of carbonyl (C=O) groups excluding carboxylic acids is 1. The molecule has 4 heteroatoms. The van der Waals surface area contributed by atoms with E-state index in [-0.39, 0.29) is 11.9 Å². The van der Waals surface area contributed by atoms with Crippen molar-refractivity contribution in [2.45, 2.75) is 38.6 Å². The molecule has 0 saturated heterocycles. The van der Waals surface area contributed by atoms with Crippen LogP contribution in [0, 0.1) is 0 Å². The smallest absolute Gasteiger partial charge is 0.293 e. The number of nitrogens with one attached hydrogen (secondary N) is 1. The van der Waals surface area contributed by atoms with Gasteiger partial charge < -0.3 is 5.32 Å². The summed E-state index contributed by atoms with van der Waals surface area (Å²) in [7, 11) is 0. The molecule has 1 aromatic carbocycles. The maximum absolute atomic E-state index is 12.4. The van der Waals surface area contributed by atoms with Crippen LogP contribution in [0.15, 0.2) is 42.7 Å². The lowest BCUT2D eigenvalue weighted by Crippen LogP contribution is -2.44. The quantitative estimate of drug-likeness (QED) is 0.861. The van der Waals surface area contributed by atoms with E-state index < -0.39 is 0 Å². The Morgan fingerprint density at radius 3 is 2.77 bits per heavy atom. The number of aromatic nitrogens is 1. The van der Waals surface area contributed by atoms with Gasteiger partial charge in [-0.25, -0.2) is 0 Å². The maximum atomic E-state index is 12.4. The monoisotopic (exact) mass is 315 g/mol. The van der Waals surface area contributed by atoms with E-state index in [1.165, 1.54) is 24.0 Å². The Morgan fingerprint density at radius 2 is 2.00 bits per heavy atom. The van der Waals surface area contributed by atoms with Crippen molar-refractivity contribution in [2.75, 3.05) is 5.32 Å². The van der Waals surface area contributed by atoms with Crippen molar-refractivity contribution in [1.82, 2.24) is 0 Å². The molecule has 1 atom stereocenters. The van der Waals surface area contributed by atoms with E-state index in [0.717, 1.165) is 18.5 Å². The fraction of sp³-hybridized carbons (Fsp3) is 0.333. The molecule has 0 saturated carbocycles. The molecule has 0 spiro atoms. The molecule has 1 amide bonds. The van der Waals surface area contributed by atoms with Crippen LogP contribution in [0.2, 0.25) is 5.02 Å². The van der Waals surface area contributed by atoms with Crippen LogP contribution in [0.25, 0.3) is 0 Å². The Kier molecular flexibility index (Phi) is 4.44. The van der Waals surface area contributed by atoms with Crippen molar-refractivity contribution >= 4 is 23.2 Å². The minimum Gasteiger partial charge on any atom is -0.320 e. The third kappa shape index (κ3) is 3.30. The molecule has 0 radical (unpaired) electrons. The van der Waals surface area contributed by atoms with E-state index in [1.807, 2.05) is 29.8 Å². The van der Waals surface area contributed by atoms with Gasteiger partial charge in [-0.15, -0.1) is 0 Å². The summed E-state index contributed by atoms with van der Waals surface area (Å²) in [6.07, 6.45) is 8.89. The van der Waals surface area contributed by atoms with E-state index in [4.69, 9.17) is 11.6 Å². The number of amides is 1. The first-order valence-electron chi connectivity index (χ1n) is 7.72. The fourth-order valence-electron chi connectivity index (χ4n) is 2.88. The number of hydrogen-bond acceptors (Lipinski definition) is 1. The van der Waals surface area contributed by atoms with Crippen LogP contribution in [-0.4, -0.2) is 5.91 Å². The molecule has 1 aliphatic rings. The summed E-state index contributed by atoms with van der Waals surface area (Å²) in [5.74, 6) is -0.0389. The van der Waals surface area contributed by atoms with Crippen molar-refractivity contribution in [2.24, 2.45) is 0 Å². The van der Waals surface area contributed by atoms with Gasteiger partial charge in [0.15, 0.2) is 12.4 Å². The van der Waals surface area contributed by atoms with Gasteiger partial charge in [0.25, 0.3) is 5.91 Å². The van der Waals surface area contributed by atoms with Gasteiger partial charge in [0.1, 0.15) is 0 Å². The number of nitrogens with zero attached hydrogens (tertiary/aromatic N) is 1. The number of pyridine rings is 1. The van der Waals surface area contributed by atoms with Crippen molar-refractivity contribution < 1.29 is 9.36 Å². The van der Waals surface area contributed by atoms with Gasteiger partial charge in [0.05, 0.1) is 0 Å². The summed E-state index contributed by atoms with van der Waals surface area (Å²) in [6.45, 7) is 1.91. The molecular weight excluding hydrogens is 296 g/mol. The first-order chi connectivity index (χ1) is 10.6. The predicted molar refractivity (Wildman–Crippen MR) is 88.1 cm³/mol. The number of benzene rings is 1. The Bertz CT molecular complexity index is 699. The lowest BCUT2D eigenvalue weighted by atomic mass is 9.93. The lowest BCUT2D eigenvalue weighted by Gasteiger charge is -2.15. The number of carbonyl (C=O) groups is 1. The highest BCUT2D eigenvalue weighted by Crippen LogP contribution is 2.20. The lowest BCUT2D eigenvalue weighted by molar-refractivity contribution is -0.706. The van der Waals surface area contributed by atoms with Crippen LogP contribution in [0.1, 0.15) is 36.9 Å². The normalized spacial score (nSPS) is 15.0. The molecular formula is C18H20ClN2O+. The van der Waals surface area contributed by atoms with Crippen LogP contribution in [-0.2, 0) is 17.6 Å². The third-order valence-corrected chi connectivity index (χ3v) is 4.46. The topological polar surface area (TPSA) is 33.0 Å². The molecule has 2 aromatic rings. The molecule has 114 valence electrons. The zero-order valence-corrected chi connectivity index (χ0v) is 13.4. The molecule has 0 fully saturated rings. The third-order valence-electron chi connectivity index (χ3n) is 4.23. The fourth-order valence-corrected chi connectivity index (χ4v) is 3.07. The minimum atomic E-state index is -0.258. The highest BCUT2D eigenvalue weighted by Gasteiger charge is 2.24. The van der Waals surface area contributed by atoms with Crippen molar-refractivity contribution in [3.05, 3.63) is 58.9 Å². The van der Waals surface area contributed by atoms with Gasteiger partial charge in [-0.1, -0.05) is 17.7 Å². The van der Waals surface area contributed by atoms with Crippen LogP contribution < -0.4 is 9.88 Å². The summed E-state index contributed by atoms with van der Waals surface area (Å²) in [6, 6.07) is 9.11. The highest BCUT2D eigenvalue weighted by molar-refractivity contribution is 6.30. The van der Waals surface area contributed by atoms with Crippen LogP contribution >= 0.6 is 11.6 Å². The van der Waals surface area contributed by atoms with Crippen LogP contribution in [0.3, 0.4) is 0 Å². The second kappa shape index (κ2) is 6.49. The largest absolute Gasteiger partial charge is 0.320 e. The first kappa shape index (κ1) is 15.0. The Hall–Kier alpha value is -1.87. The number of anilines is 1. The van der Waals surface area contributed by atoms with Gasteiger partial charge in [0.2, 0.25) is 6.04 Å². The van der Waals surface area contributed by atoms with Gasteiger partial charge >= 0.3 is 0 Å². The first-order valence-corrected chi connectivity index (χ1v) is 8.10. The second-order valence-electron chi connectivity index (χ2n) is 5.83. The van der Waals surface area contributed by atoms with Gasteiger partial charge in [-0.05, 0) is 49.4 Å². The number of aryl methyl sites for hydroxylation is 2. The highest BCUT2D eigenvalue weighted by atomic mass is 35.5. The Morgan fingerprint density at radius 1 is 1.23 bits per heavy atom. The summed E-state index contributed by atoms with van der Waals surface area (Å²) < 4.78 is 1.99. The summed E-state index contributed by atoms with van der Waals surface area (Å²) >= 11 is 5.95. The SMILES string of the molecule is C[C@@H](C(=O)Nc1cccc(Cl)c1)[n+]1ccc2c(c1)CCCC2. The number of fused-ring (bicyclic) bond motifs is 1. The molecule has 0 bridgehead atoms. The number of halogens is 1. The Labute approximate surface area is 135 Å². The van der Waals surface area contributed by atoms with E-state index in [2.05, 4.69) is 17.6 Å². The molecule has 1 aromatic heterocycles. The van der Waals surface area contributed by atoms with Gasteiger partial charge in [0, 0.05) is 29.3 Å². The second-order valence-corrected chi connectivity index (χ2v) is 6.26. The molecule has 3 rings (SSSR count). The summed E-state index contributed by atoms with van der Waals surface area (Å²) in [5, 5.41) is 3.53. The van der Waals surface area contributed by atoms with E-state index in [1.54, 1.807) is 12.1 Å². The van der Waals surface area contributed by atoms with E-state index in [9.17, 15) is 4.79 Å². The van der Waals surface area contributed by atoms with E-state index >= 15 is 0 Å². The molecule has 22 heavy (non-hydrogen) atoms. The zero-order valence-electron chi connectivity index (χ0n) is 12.7. The minimum absolute atomic E-state index is 0.0389. The molecule has 1 aliphatic carbocycles. The Balaban J connectivity index is 1.75. The molecule has 0 aliphatic heterocycles.